The zero-order chi connectivity index (χ0) is 13.2. The number of piperidine rings is 1. The highest BCUT2D eigenvalue weighted by Gasteiger charge is 2.24. The van der Waals surface area contributed by atoms with E-state index in [1.54, 1.807) is 0 Å². The zero-order valence-corrected chi connectivity index (χ0v) is 11.2. The van der Waals surface area contributed by atoms with E-state index in [1.165, 1.54) is 12.6 Å². The van der Waals surface area contributed by atoms with Crippen LogP contribution in [0.1, 0.15) is 62.5 Å². The summed E-state index contributed by atoms with van der Waals surface area (Å²) in [5.41, 5.74) is -0.521. The Labute approximate surface area is 107 Å². The Morgan fingerprint density at radius 2 is 2.28 bits per heavy atom. The van der Waals surface area contributed by atoms with E-state index in [-0.39, 0.29) is 11.8 Å². The predicted molar refractivity (Wildman–Crippen MR) is 66.3 cm³/mol. The quantitative estimate of drug-likeness (QED) is 0.819. The lowest BCUT2D eigenvalue weighted by atomic mass is 10.1. The number of nitrogens with one attached hydrogen (secondary N) is 1. The lowest BCUT2D eigenvalue weighted by molar-refractivity contribution is 0.00333. The van der Waals surface area contributed by atoms with Gasteiger partial charge in [0, 0.05) is 0 Å². The second kappa shape index (κ2) is 5.10. The van der Waals surface area contributed by atoms with E-state index in [9.17, 15) is 4.79 Å². The molecule has 0 radical (unpaired) electrons. The molecule has 0 aliphatic carbocycles. The molecule has 0 saturated carbocycles. The van der Waals surface area contributed by atoms with Crippen molar-refractivity contribution in [2.75, 3.05) is 6.54 Å². The van der Waals surface area contributed by atoms with Crippen molar-refractivity contribution in [3.63, 3.8) is 0 Å². The highest BCUT2D eigenvalue weighted by molar-refractivity contribution is 5.86. The Morgan fingerprint density at radius 3 is 2.89 bits per heavy atom. The molecule has 0 amide bonds. The predicted octanol–water partition coefficient (Wildman–Crippen LogP) is 2.44. The minimum Gasteiger partial charge on any atom is -0.454 e. The van der Waals surface area contributed by atoms with Crippen molar-refractivity contribution in [1.29, 1.82) is 0 Å². The van der Waals surface area contributed by atoms with Crippen molar-refractivity contribution in [3.05, 3.63) is 17.8 Å². The highest BCUT2D eigenvalue weighted by Crippen LogP contribution is 2.23. The number of rotatable bonds is 2. The summed E-state index contributed by atoms with van der Waals surface area (Å²) in [5.74, 6) is 0.292. The first-order valence-electron chi connectivity index (χ1n) is 6.38. The molecule has 0 spiro atoms. The molecule has 18 heavy (non-hydrogen) atoms. The van der Waals surface area contributed by atoms with E-state index >= 15 is 0 Å². The monoisotopic (exact) mass is 252 g/mol. The van der Waals surface area contributed by atoms with Crippen LogP contribution in [0.25, 0.3) is 0 Å². The number of aromatic nitrogens is 1. The standard InChI is InChI=1S/C13H20N2O3/c1-13(2,3)18-12(16)10-8-15-11(17-10)9-6-4-5-7-14-9/h8-9,14H,4-7H2,1-3H3. The molecular weight excluding hydrogens is 232 g/mol. The molecule has 1 atom stereocenters. The Kier molecular flexibility index (Phi) is 3.71. The van der Waals surface area contributed by atoms with E-state index < -0.39 is 11.6 Å². The van der Waals surface area contributed by atoms with Gasteiger partial charge in [0.25, 0.3) is 0 Å². The van der Waals surface area contributed by atoms with Gasteiger partial charge in [0.15, 0.2) is 0 Å². The van der Waals surface area contributed by atoms with E-state index in [2.05, 4.69) is 10.3 Å². The summed E-state index contributed by atoms with van der Waals surface area (Å²) in [6.07, 6.45) is 4.77. The third-order valence-electron chi connectivity index (χ3n) is 2.73. The van der Waals surface area contributed by atoms with Gasteiger partial charge in [0.2, 0.25) is 11.7 Å². The Morgan fingerprint density at radius 1 is 1.50 bits per heavy atom. The lowest BCUT2D eigenvalue weighted by Crippen LogP contribution is -2.27. The first-order valence-corrected chi connectivity index (χ1v) is 6.38. The minimum atomic E-state index is -0.521. The first-order chi connectivity index (χ1) is 8.46. The molecule has 1 saturated heterocycles. The molecule has 2 heterocycles. The van der Waals surface area contributed by atoms with E-state index in [4.69, 9.17) is 9.15 Å². The van der Waals surface area contributed by atoms with Crippen molar-refractivity contribution in [2.45, 2.75) is 51.7 Å². The molecule has 5 heteroatoms. The van der Waals surface area contributed by atoms with Crippen LogP contribution in [-0.2, 0) is 4.74 Å². The van der Waals surface area contributed by atoms with Gasteiger partial charge >= 0.3 is 5.97 Å². The highest BCUT2D eigenvalue weighted by atomic mass is 16.6. The average Bonchev–Trinajstić information content (AvgIpc) is 2.77. The fraction of sp³-hybridized carbons (Fsp3) is 0.692. The van der Waals surface area contributed by atoms with E-state index in [0.717, 1.165) is 19.4 Å². The molecule has 1 aliphatic rings. The van der Waals surface area contributed by atoms with Crippen LogP contribution in [0.2, 0.25) is 0 Å². The normalized spacial score (nSPS) is 20.7. The number of esters is 1. The largest absolute Gasteiger partial charge is 0.454 e. The van der Waals surface area contributed by atoms with Crippen molar-refractivity contribution >= 4 is 5.97 Å². The van der Waals surface area contributed by atoms with Crippen LogP contribution >= 0.6 is 0 Å². The van der Waals surface area contributed by atoms with Crippen LogP contribution in [0.5, 0.6) is 0 Å². The SMILES string of the molecule is CC(C)(C)OC(=O)c1cnc(C2CCCCN2)o1. The fourth-order valence-corrected chi connectivity index (χ4v) is 1.93. The van der Waals surface area contributed by atoms with Gasteiger partial charge in [-0.2, -0.15) is 0 Å². The summed E-state index contributed by atoms with van der Waals surface area (Å²) < 4.78 is 10.7. The van der Waals surface area contributed by atoms with E-state index in [0.29, 0.717) is 5.89 Å². The van der Waals surface area contributed by atoms with Gasteiger partial charge in [-0.15, -0.1) is 0 Å². The van der Waals surface area contributed by atoms with Crippen LogP contribution in [0.3, 0.4) is 0 Å². The smallest absolute Gasteiger partial charge is 0.376 e. The maximum atomic E-state index is 11.8. The van der Waals surface area contributed by atoms with Gasteiger partial charge in [0.05, 0.1) is 12.2 Å². The molecule has 0 bridgehead atoms. The van der Waals surface area contributed by atoms with Gasteiger partial charge in [0.1, 0.15) is 5.60 Å². The molecule has 1 aromatic rings. The molecule has 100 valence electrons. The third kappa shape index (κ3) is 3.32. The molecule has 0 aromatic carbocycles. The molecule has 1 aromatic heterocycles. The number of oxazole rings is 1. The van der Waals surface area contributed by atoms with Gasteiger partial charge in [-0.25, -0.2) is 9.78 Å². The average molecular weight is 252 g/mol. The second-order valence-electron chi connectivity index (χ2n) is 5.57. The molecule has 1 N–H and O–H groups in total. The summed E-state index contributed by atoms with van der Waals surface area (Å²) in [7, 11) is 0. The number of carbonyl (C=O) groups is 1. The van der Waals surface area contributed by atoms with Crippen LogP contribution in [-0.4, -0.2) is 23.1 Å². The van der Waals surface area contributed by atoms with Crippen LogP contribution in [0.15, 0.2) is 10.6 Å². The first kappa shape index (κ1) is 13.1. The van der Waals surface area contributed by atoms with Crippen molar-refractivity contribution < 1.29 is 13.9 Å². The maximum absolute atomic E-state index is 11.8. The topological polar surface area (TPSA) is 64.4 Å². The van der Waals surface area contributed by atoms with Crippen molar-refractivity contribution in [3.8, 4) is 0 Å². The van der Waals surface area contributed by atoms with E-state index in [1.807, 2.05) is 20.8 Å². The van der Waals surface area contributed by atoms with Gasteiger partial charge in [-0.3, -0.25) is 0 Å². The molecule has 1 aliphatic heterocycles. The lowest BCUT2D eigenvalue weighted by Gasteiger charge is -2.20. The summed E-state index contributed by atoms with van der Waals surface area (Å²) >= 11 is 0. The second-order valence-corrected chi connectivity index (χ2v) is 5.57. The summed E-state index contributed by atoms with van der Waals surface area (Å²) in [5, 5.41) is 3.33. The van der Waals surface area contributed by atoms with Crippen LogP contribution in [0, 0.1) is 0 Å². The number of nitrogens with zero attached hydrogens (tertiary/aromatic N) is 1. The molecule has 1 unspecified atom stereocenters. The number of ether oxygens (including phenoxy) is 1. The van der Waals surface area contributed by atoms with Gasteiger partial charge in [-0.05, 0) is 40.2 Å². The van der Waals surface area contributed by atoms with Crippen LogP contribution < -0.4 is 5.32 Å². The summed E-state index contributed by atoms with van der Waals surface area (Å²) in [6.45, 7) is 6.44. The van der Waals surface area contributed by atoms with Gasteiger partial charge in [-0.1, -0.05) is 6.42 Å². The number of hydrogen-bond donors (Lipinski definition) is 1. The fourth-order valence-electron chi connectivity index (χ4n) is 1.93. The zero-order valence-electron chi connectivity index (χ0n) is 11.2. The van der Waals surface area contributed by atoms with Gasteiger partial charge < -0.3 is 14.5 Å². The molecule has 5 nitrogen and oxygen atoms in total. The molecule has 1 fully saturated rings. The summed E-state index contributed by atoms with van der Waals surface area (Å²) in [4.78, 5) is 15.9. The Hall–Kier alpha value is -1.36. The number of hydrogen-bond acceptors (Lipinski definition) is 5. The third-order valence-corrected chi connectivity index (χ3v) is 2.73. The van der Waals surface area contributed by atoms with Crippen molar-refractivity contribution in [1.82, 2.24) is 10.3 Å². The van der Waals surface area contributed by atoms with Crippen molar-refractivity contribution in [2.24, 2.45) is 0 Å². The molecular formula is C13H20N2O3. The Bertz CT molecular complexity index is 414. The molecule has 2 rings (SSSR count). The Balaban J connectivity index is 2.03. The van der Waals surface area contributed by atoms with Crippen LogP contribution in [0.4, 0.5) is 0 Å². The minimum absolute atomic E-state index is 0.120. The maximum Gasteiger partial charge on any atom is 0.376 e. The number of carbonyl (C=O) groups excluding carboxylic acids is 1. The summed E-state index contributed by atoms with van der Waals surface area (Å²) in [6, 6.07) is 0.120.